The van der Waals surface area contributed by atoms with Gasteiger partial charge in [0.2, 0.25) is 0 Å². The minimum atomic E-state index is 0.432. The van der Waals surface area contributed by atoms with Crippen molar-refractivity contribution < 1.29 is 0 Å². The number of hydrogen-bond donors (Lipinski definition) is 2. The van der Waals surface area contributed by atoms with E-state index in [9.17, 15) is 0 Å². The Morgan fingerprint density at radius 3 is 2.86 bits per heavy atom. The summed E-state index contributed by atoms with van der Waals surface area (Å²) in [4.78, 5) is 5.12. The predicted octanol–water partition coefficient (Wildman–Crippen LogP) is -0.0181. The third-order valence-corrected chi connectivity index (χ3v) is 5.84. The largest absolute Gasteiger partial charge is 0.313 e. The van der Waals surface area contributed by atoms with Crippen molar-refractivity contribution in [1.82, 2.24) is 20.4 Å². The molecule has 118 valence electrons. The van der Waals surface area contributed by atoms with Crippen molar-refractivity contribution in [3.8, 4) is 0 Å². The summed E-state index contributed by atoms with van der Waals surface area (Å²) in [5.74, 6) is 1.44. The van der Waals surface area contributed by atoms with Gasteiger partial charge in [0.15, 0.2) is 0 Å². The van der Waals surface area contributed by atoms with Gasteiger partial charge in [0.25, 0.3) is 0 Å². The Morgan fingerprint density at radius 1 is 1.14 bits per heavy atom. The van der Waals surface area contributed by atoms with Gasteiger partial charge in [-0.25, -0.2) is 0 Å². The molecule has 3 fully saturated rings. The number of rotatable bonds is 2. The molecular formula is C15H28N6. The summed E-state index contributed by atoms with van der Waals surface area (Å²) < 4.78 is 0. The fraction of sp³-hybridized carbons (Fsp3) is 1.00. The first-order valence-corrected chi connectivity index (χ1v) is 8.58. The van der Waals surface area contributed by atoms with Gasteiger partial charge in [0.05, 0.1) is 18.8 Å². The Balaban J connectivity index is 1.38. The summed E-state index contributed by atoms with van der Waals surface area (Å²) in [6.45, 7) is 7.81. The molecule has 2 N–H and O–H groups in total. The number of nitrogens with one attached hydrogen (secondary N) is 2. The third kappa shape index (κ3) is 2.63. The maximum Gasteiger partial charge on any atom is 0.0918 e. The first-order valence-electron chi connectivity index (χ1n) is 8.58. The van der Waals surface area contributed by atoms with Gasteiger partial charge in [0, 0.05) is 44.7 Å². The molecular weight excluding hydrogens is 264 g/mol. The third-order valence-electron chi connectivity index (χ3n) is 5.84. The van der Waals surface area contributed by atoms with Gasteiger partial charge in [-0.1, -0.05) is 0 Å². The van der Waals surface area contributed by atoms with Crippen molar-refractivity contribution in [1.29, 1.82) is 0 Å². The molecule has 0 aliphatic carbocycles. The zero-order valence-electron chi connectivity index (χ0n) is 13.0. The minimum absolute atomic E-state index is 0.432. The van der Waals surface area contributed by atoms with Gasteiger partial charge < -0.3 is 10.2 Å². The van der Waals surface area contributed by atoms with E-state index in [-0.39, 0.29) is 0 Å². The molecule has 0 spiro atoms. The second kappa shape index (κ2) is 5.91. The highest BCUT2D eigenvalue weighted by atomic mass is 15.4. The molecule has 6 heteroatoms. The Kier molecular flexibility index (Phi) is 3.96. The lowest BCUT2D eigenvalue weighted by atomic mass is 9.77. The molecule has 0 bridgehead atoms. The summed E-state index contributed by atoms with van der Waals surface area (Å²) in [6.07, 6.45) is 3.19. The number of piperazine rings is 1. The first-order chi connectivity index (χ1) is 10.3. The van der Waals surface area contributed by atoms with Crippen LogP contribution in [0.5, 0.6) is 0 Å². The molecule has 21 heavy (non-hydrogen) atoms. The fourth-order valence-corrected chi connectivity index (χ4v) is 4.62. The van der Waals surface area contributed by atoms with Crippen molar-refractivity contribution in [3.05, 3.63) is 0 Å². The van der Waals surface area contributed by atoms with Crippen LogP contribution in [0, 0.1) is 11.8 Å². The van der Waals surface area contributed by atoms with E-state index >= 15 is 0 Å². The second-order valence-corrected chi connectivity index (χ2v) is 7.19. The standard InChI is InChI=1S/C15H28N6/c1-20-6-2-3-11-7-18-19-14(15(11)20)12-9-21(10-12)13-8-16-4-5-17-13/h11-17H,2-10H2,1H3. The van der Waals surface area contributed by atoms with Gasteiger partial charge >= 0.3 is 0 Å². The number of likely N-dealkylation sites (tertiary alicyclic amines) is 2. The molecule has 4 aliphatic rings. The average molecular weight is 292 g/mol. The highest BCUT2D eigenvalue weighted by Gasteiger charge is 2.46. The smallest absolute Gasteiger partial charge is 0.0918 e. The van der Waals surface area contributed by atoms with Crippen LogP contribution in [0.25, 0.3) is 0 Å². The molecule has 3 saturated heterocycles. The molecule has 0 aromatic carbocycles. The van der Waals surface area contributed by atoms with Crippen LogP contribution in [0.15, 0.2) is 10.2 Å². The molecule has 4 atom stereocenters. The molecule has 6 nitrogen and oxygen atoms in total. The van der Waals surface area contributed by atoms with Gasteiger partial charge in [-0.05, 0) is 32.4 Å². The maximum absolute atomic E-state index is 4.69. The second-order valence-electron chi connectivity index (χ2n) is 7.19. The lowest BCUT2D eigenvalue weighted by Gasteiger charge is -2.52. The van der Waals surface area contributed by atoms with E-state index in [0.29, 0.717) is 24.2 Å². The normalized spacial score (nSPS) is 42.5. The molecule has 4 rings (SSSR count). The molecule has 4 aliphatic heterocycles. The van der Waals surface area contributed by atoms with Gasteiger partial charge in [-0.2, -0.15) is 10.2 Å². The fourth-order valence-electron chi connectivity index (χ4n) is 4.62. The Bertz CT molecular complexity index is 388. The van der Waals surface area contributed by atoms with Crippen molar-refractivity contribution in [2.45, 2.75) is 31.1 Å². The van der Waals surface area contributed by atoms with E-state index in [1.165, 1.54) is 32.5 Å². The SMILES string of the molecule is CN1CCCC2CN=NC(C3CN(C4CNCCN4)C3)C21. The number of fused-ring (bicyclic) bond motifs is 1. The molecule has 0 aromatic rings. The van der Waals surface area contributed by atoms with Gasteiger partial charge in [-0.15, -0.1) is 0 Å². The number of azo groups is 1. The number of hydrogen-bond acceptors (Lipinski definition) is 6. The molecule has 0 aromatic heterocycles. The molecule has 0 radical (unpaired) electrons. The Hall–Kier alpha value is -0.560. The summed E-state index contributed by atoms with van der Waals surface area (Å²) in [5.41, 5.74) is 0. The van der Waals surface area contributed by atoms with Crippen LogP contribution < -0.4 is 10.6 Å². The highest BCUT2D eigenvalue weighted by Crippen LogP contribution is 2.36. The Labute approximate surface area is 127 Å². The molecule has 4 heterocycles. The van der Waals surface area contributed by atoms with E-state index in [2.05, 4.69) is 37.7 Å². The Morgan fingerprint density at radius 2 is 2.05 bits per heavy atom. The summed E-state index contributed by atoms with van der Waals surface area (Å²) >= 11 is 0. The van der Waals surface area contributed by atoms with E-state index < -0.39 is 0 Å². The zero-order valence-corrected chi connectivity index (χ0v) is 13.0. The van der Waals surface area contributed by atoms with Crippen LogP contribution in [0.4, 0.5) is 0 Å². The summed E-state index contributed by atoms with van der Waals surface area (Å²) in [5, 5.41) is 16.2. The average Bonchev–Trinajstić information content (AvgIpc) is 2.47. The lowest BCUT2D eigenvalue weighted by Crippen LogP contribution is -2.67. The van der Waals surface area contributed by atoms with Gasteiger partial charge in [-0.3, -0.25) is 10.2 Å². The van der Waals surface area contributed by atoms with Crippen LogP contribution in [0.1, 0.15) is 12.8 Å². The zero-order chi connectivity index (χ0) is 14.2. The van der Waals surface area contributed by atoms with Crippen LogP contribution >= 0.6 is 0 Å². The van der Waals surface area contributed by atoms with Crippen molar-refractivity contribution in [2.24, 2.45) is 22.1 Å². The van der Waals surface area contributed by atoms with Crippen LogP contribution in [0.3, 0.4) is 0 Å². The summed E-state index contributed by atoms with van der Waals surface area (Å²) in [6, 6.07) is 1.07. The first kappa shape index (κ1) is 14.1. The summed E-state index contributed by atoms with van der Waals surface area (Å²) in [7, 11) is 2.29. The van der Waals surface area contributed by atoms with Crippen LogP contribution in [0.2, 0.25) is 0 Å². The minimum Gasteiger partial charge on any atom is -0.313 e. The van der Waals surface area contributed by atoms with Gasteiger partial charge in [0.1, 0.15) is 0 Å². The van der Waals surface area contributed by atoms with Crippen molar-refractivity contribution >= 4 is 0 Å². The molecule has 4 unspecified atom stereocenters. The number of likely N-dealkylation sites (N-methyl/N-ethyl adjacent to an activating group) is 1. The van der Waals surface area contributed by atoms with E-state index in [4.69, 9.17) is 0 Å². The predicted molar refractivity (Wildman–Crippen MR) is 82.4 cm³/mol. The number of nitrogens with zero attached hydrogens (tertiary/aromatic N) is 4. The highest BCUT2D eigenvalue weighted by molar-refractivity contribution is 5.02. The molecule has 0 amide bonds. The number of piperidine rings is 1. The van der Waals surface area contributed by atoms with Crippen molar-refractivity contribution in [2.75, 3.05) is 52.9 Å². The lowest BCUT2D eigenvalue weighted by molar-refractivity contribution is -0.0195. The van der Waals surface area contributed by atoms with Crippen LogP contribution in [-0.4, -0.2) is 80.9 Å². The van der Waals surface area contributed by atoms with E-state index in [1.54, 1.807) is 0 Å². The van der Waals surface area contributed by atoms with Crippen LogP contribution in [-0.2, 0) is 0 Å². The monoisotopic (exact) mass is 292 g/mol. The van der Waals surface area contributed by atoms with Crippen molar-refractivity contribution in [3.63, 3.8) is 0 Å². The van der Waals surface area contributed by atoms with E-state index in [1.807, 2.05) is 0 Å². The van der Waals surface area contributed by atoms with E-state index in [0.717, 1.165) is 32.1 Å². The quantitative estimate of drug-likeness (QED) is 0.751. The maximum atomic E-state index is 4.69. The topological polar surface area (TPSA) is 55.3 Å². The molecule has 0 saturated carbocycles.